The van der Waals surface area contributed by atoms with E-state index in [1.54, 1.807) is 25.3 Å². The van der Waals surface area contributed by atoms with E-state index < -0.39 is 0 Å². The zero-order valence-electron chi connectivity index (χ0n) is 17.8. The van der Waals surface area contributed by atoms with Crippen LogP contribution in [0.15, 0.2) is 71.8 Å². The van der Waals surface area contributed by atoms with E-state index in [2.05, 4.69) is 22.9 Å². The number of benzene rings is 3. The number of halogens is 1. The number of nitrogens with one attached hydrogen (secondary N) is 2. The summed E-state index contributed by atoms with van der Waals surface area (Å²) >= 11 is 0. The van der Waals surface area contributed by atoms with Crippen molar-refractivity contribution in [3.63, 3.8) is 0 Å². The van der Waals surface area contributed by atoms with Gasteiger partial charge in [0.25, 0.3) is 5.91 Å². The monoisotopic (exact) mass is 424 g/mol. The van der Waals surface area contributed by atoms with Crippen molar-refractivity contribution in [2.75, 3.05) is 7.05 Å². The number of hydrogen-bond acceptors (Lipinski definition) is 2. The molecule has 0 saturated heterocycles. The van der Waals surface area contributed by atoms with E-state index in [0.29, 0.717) is 27.9 Å². The lowest BCUT2D eigenvalue weighted by Gasteiger charge is -2.07. The molecule has 158 valence electrons. The summed E-state index contributed by atoms with van der Waals surface area (Å²) in [6, 6.07) is 16.0. The topological polar surface area (TPSA) is 58.0 Å². The van der Waals surface area contributed by atoms with Gasteiger partial charge in [0.15, 0.2) is 0 Å². The van der Waals surface area contributed by atoms with Crippen molar-refractivity contribution in [1.82, 2.24) is 10.3 Å². The highest BCUT2D eigenvalue weighted by Gasteiger charge is 2.25. The number of H-pyrrole nitrogens is 1. The van der Waals surface area contributed by atoms with Gasteiger partial charge in [-0.1, -0.05) is 30.9 Å². The molecule has 5 aromatic rings. The Labute approximate surface area is 184 Å². The maximum absolute atomic E-state index is 13.5. The largest absolute Gasteiger partial charge is 0.454 e. The number of aryl methyl sites for hydroxylation is 1. The molecule has 0 aliphatic rings. The molecule has 0 bridgehead atoms. The Balaban J connectivity index is 1.91. The molecule has 0 unspecified atom stereocenters. The van der Waals surface area contributed by atoms with E-state index in [0.717, 1.165) is 33.2 Å². The Bertz CT molecular complexity index is 1510. The predicted molar refractivity (Wildman–Crippen MR) is 127 cm³/mol. The van der Waals surface area contributed by atoms with E-state index >= 15 is 0 Å². The van der Waals surface area contributed by atoms with Crippen LogP contribution in [-0.2, 0) is 0 Å². The Morgan fingerprint density at radius 2 is 1.91 bits per heavy atom. The third-order valence-electron chi connectivity index (χ3n) is 5.80. The molecule has 0 aliphatic heterocycles. The lowest BCUT2D eigenvalue weighted by molar-refractivity contribution is 0.0964. The van der Waals surface area contributed by atoms with E-state index in [9.17, 15) is 9.18 Å². The molecule has 3 aromatic carbocycles. The number of furan rings is 1. The normalized spacial score (nSPS) is 11.2. The van der Waals surface area contributed by atoms with Gasteiger partial charge in [0.05, 0.1) is 11.1 Å². The van der Waals surface area contributed by atoms with Crippen LogP contribution in [-0.4, -0.2) is 17.9 Å². The summed E-state index contributed by atoms with van der Waals surface area (Å²) in [6.07, 6.45) is 3.74. The number of rotatable bonds is 4. The number of aromatic amines is 1. The summed E-state index contributed by atoms with van der Waals surface area (Å²) < 4.78 is 19.8. The molecule has 0 atom stereocenters. The van der Waals surface area contributed by atoms with Crippen molar-refractivity contribution in [3.8, 4) is 22.5 Å². The highest BCUT2D eigenvalue weighted by molar-refractivity contribution is 6.20. The molecule has 0 spiro atoms. The maximum Gasteiger partial charge on any atom is 0.255 e. The minimum Gasteiger partial charge on any atom is -0.454 e. The maximum atomic E-state index is 13.5. The smallest absolute Gasteiger partial charge is 0.255 e. The van der Waals surface area contributed by atoms with Crippen LogP contribution in [0.3, 0.4) is 0 Å². The predicted octanol–water partition coefficient (Wildman–Crippen LogP) is 6.70. The number of carbonyl (C=O) groups excluding carboxylic acids is 1. The van der Waals surface area contributed by atoms with Crippen LogP contribution in [0.4, 0.5) is 4.39 Å². The van der Waals surface area contributed by atoms with Crippen LogP contribution in [0, 0.1) is 12.7 Å². The first-order chi connectivity index (χ1) is 15.5. The van der Waals surface area contributed by atoms with Crippen LogP contribution in [0.25, 0.3) is 50.4 Å². The second-order valence-electron chi connectivity index (χ2n) is 7.74. The fraction of sp³-hybridized carbons (Fsp3) is 0.0741. The van der Waals surface area contributed by atoms with Gasteiger partial charge in [0, 0.05) is 35.1 Å². The summed E-state index contributed by atoms with van der Waals surface area (Å²) in [5.41, 5.74) is 6.60. The minimum atomic E-state index is -0.348. The van der Waals surface area contributed by atoms with Gasteiger partial charge in [-0.2, -0.15) is 0 Å². The summed E-state index contributed by atoms with van der Waals surface area (Å²) in [7, 11) is 1.59. The zero-order chi connectivity index (χ0) is 22.4. The van der Waals surface area contributed by atoms with Crippen molar-refractivity contribution in [2.24, 2.45) is 0 Å². The lowest BCUT2D eigenvalue weighted by Crippen LogP contribution is -2.18. The number of amides is 1. The molecule has 1 amide bonds. The molecular weight excluding hydrogens is 403 g/mol. The number of carbonyl (C=O) groups is 1. The van der Waals surface area contributed by atoms with Crippen LogP contribution >= 0.6 is 0 Å². The average Bonchev–Trinajstić information content (AvgIpc) is 3.39. The third-order valence-corrected chi connectivity index (χ3v) is 5.80. The summed E-state index contributed by atoms with van der Waals surface area (Å²) in [5, 5.41) is 4.34. The highest BCUT2D eigenvalue weighted by Crippen LogP contribution is 2.42. The molecule has 2 heterocycles. The Morgan fingerprint density at radius 1 is 1.12 bits per heavy atom. The van der Waals surface area contributed by atoms with Crippen LogP contribution < -0.4 is 5.32 Å². The molecule has 0 fully saturated rings. The average molecular weight is 424 g/mol. The van der Waals surface area contributed by atoms with Crippen molar-refractivity contribution in [3.05, 3.63) is 89.9 Å². The highest BCUT2D eigenvalue weighted by atomic mass is 19.1. The van der Waals surface area contributed by atoms with Crippen molar-refractivity contribution in [2.45, 2.75) is 6.92 Å². The molecule has 0 saturated carbocycles. The van der Waals surface area contributed by atoms with Gasteiger partial charge in [-0.3, -0.25) is 4.79 Å². The zero-order valence-corrected chi connectivity index (χ0v) is 17.8. The molecule has 2 N–H and O–H groups in total. The quantitative estimate of drug-likeness (QED) is 0.337. The first-order valence-corrected chi connectivity index (χ1v) is 10.3. The second kappa shape index (κ2) is 7.54. The van der Waals surface area contributed by atoms with Crippen LogP contribution in [0.2, 0.25) is 0 Å². The fourth-order valence-electron chi connectivity index (χ4n) is 4.23. The fourth-order valence-corrected chi connectivity index (χ4v) is 4.23. The molecule has 4 nitrogen and oxygen atoms in total. The Hall–Kier alpha value is -4.12. The third kappa shape index (κ3) is 3.02. The molecule has 0 radical (unpaired) electrons. The number of aromatic nitrogens is 1. The Kier molecular flexibility index (Phi) is 4.67. The second-order valence-corrected chi connectivity index (χ2v) is 7.74. The van der Waals surface area contributed by atoms with Crippen molar-refractivity contribution < 1.29 is 13.6 Å². The molecule has 2 aromatic heterocycles. The van der Waals surface area contributed by atoms with Crippen LogP contribution in [0.5, 0.6) is 0 Å². The molecule has 32 heavy (non-hydrogen) atoms. The van der Waals surface area contributed by atoms with Gasteiger partial charge in [0.2, 0.25) is 0 Å². The standard InChI is InChI=1S/C27H21FN2O2/c1-4-16-6-5-7-18(12-16)20-13-21-23(27(31)29-3)25(17-8-10-19(28)11-9-17)32-26(21)22-15(2)14-30-24(20)22/h4-14,30H,1H2,2-3H3,(H,29,31). The van der Waals surface area contributed by atoms with Gasteiger partial charge < -0.3 is 14.7 Å². The molecule has 0 aliphatic carbocycles. The van der Waals surface area contributed by atoms with Gasteiger partial charge in [0.1, 0.15) is 17.2 Å². The molecule has 5 heteroatoms. The van der Waals surface area contributed by atoms with E-state index in [1.807, 2.05) is 37.4 Å². The molecule has 5 rings (SSSR count). The number of fused-ring (bicyclic) bond motifs is 3. The molecular formula is C27H21FN2O2. The van der Waals surface area contributed by atoms with Crippen LogP contribution in [0.1, 0.15) is 21.5 Å². The van der Waals surface area contributed by atoms with E-state index in [4.69, 9.17) is 4.42 Å². The summed E-state index contributed by atoms with van der Waals surface area (Å²) in [6.45, 7) is 5.87. The first kappa shape index (κ1) is 19.8. The van der Waals surface area contributed by atoms with Gasteiger partial charge in [-0.05, 0) is 60.0 Å². The van der Waals surface area contributed by atoms with E-state index in [1.165, 1.54) is 12.1 Å². The van der Waals surface area contributed by atoms with E-state index in [-0.39, 0.29) is 11.7 Å². The van der Waals surface area contributed by atoms with Gasteiger partial charge in [-0.25, -0.2) is 4.39 Å². The first-order valence-electron chi connectivity index (χ1n) is 10.3. The SMILES string of the molecule is C=Cc1cccc(-c2cc3c(C(=O)NC)c(-c4ccc(F)cc4)oc3c3c(C)c[nH]c23)c1. The van der Waals surface area contributed by atoms with Crippen molar-refractivity contribution in [1.29, 1.82) is 0 Å². The number of hydrogen-bond donors (Lipinski definition) is 2. The summed E-state index contributed by atoms with van der Waals surface area (Å²) in [5.74, 6) is -0.195. The van der Waals surface area contributed by atoms with Crippen molar-refractivity contribution >= 4 is 33.9 Å². The van der Waals surface area contributed by atoms with Gasteiger partial charge in [-0.15, -0.1) is 0 Å². The van der Waals surface area contributed by atoms with Gasteiger partial charge >= 0.3 is 0 Å². The minimum absolute atomic E-state index is 0.263. The Morgan fingerprint density at radius 3 is 2.62 bits per heavy atom. The summed E-state index contributed by atoms with van der Waals surface area (Å²) in [4.78, 5) is 16.4. The lowest BCUT2D eigenvalue weighted by atomic mass is 9.96.